The van der Waals surface area contributed by atoms with Gasteiger partial charge in [0.2, 0.25) is 5.91 Å². The SMILES string of the molecule is CC/C=C\C/C=C\C/C=C\C/C=C\C/C=C\C/C=C\CCCCCCCC(O)C(=O)NC(COC1OC(CO)C(O)C(O)C1OC(=O)CCC/C=C\C/C=C\C/C=C\C/C=C\C/C=C\CC)C(O)/C=C/CCCCCCCCCCCC. The summed E-state index contributed by atoms with van der Waals surface area (Å²) >= 11 is 0. The molecule has 1 amide bonds. The third-order valence-electron chi connectivity index (χ3n) is 14.0. The molecule has 0 radical (unpaired) electrons. The molecule has 1 aliphatic rings. The third-order valence-corrected chi connectivity index (χ3v) is 14.0. The maximum absolute atomic E-state index is 13.5. The highest BCUT2D eigenvalue weighted by Crippen LogP contribution is 2.26. The van der Waals surface area contributed by atoms with Crippen molar-refractivity contribution >= 4 is 11.9 Å². The van der Waals surface area contributed by atoms with E-state index in [2.05, 4.69) is 148 Å². The highest BCUT2D eigenvalue weighted by molar-refractivity contribution is 5.80. The second-order valence-corrected chi connectivity index (χ2v) is 21.4. The summed E-state index contributed by atoms with van der Waals surface area (Å²) in [4.78, 5) is 26.6. The molecular formula is C71H115NO10. The van der Waals surface area contributed by atoms with Crippen molar-refractivity contribution in [1.29, 1.82) is 0 Å². The van der Waals surface area contributed by atoms with Crippen LogP contribution in [0.4, 0.5) is 0 Å². The topological polar surface area (TPSA) is 175 Å². The summed E-state index contributed by atoms with van der Waals surface area (Å²) in [5, 5.41) is 57.0. The quantitative estimate of drug-likeness (QED) is 0.0195. The van der Waals surface area contributed by atoms with Crippen molar-refractivity contribution in [3.05, 3.63) is 146 Å². The van der Waals surface area contributed by atoms with Gasteiger partial charge in [-0.2, -0.15) is 0 Å². The van der Waals surface area contributed by atoms with Gasteiger partial charge in [-0.15, -0.1) is 0 Å². The van der Waals surface area contributed by atoms with Crippen molar-refractivity contribution in [2.24, 2.45) is 0 Å². The zero-order chi connectivity index (χ0) is 59.6. The van der Waals surface area contributed by atoms with E-state index in [1.165, 1.54) is 44.9 Å². The minimum atomic E-state index is -1.65. The van der Waals surface area contributed by atoms with Crippen molar-refractivity contribution in [2.45, 2.75) is 275 Å². The number of unbranched alkanes of at least 4 members (excludes halogenated alkanes) is 16. The van der Waals surface area contributed by atoms with E-state index in [9.17, 15) is 35.1 Å². The van der Waals surface area contributed by atoms with E-state index in [1.807, 2.05) is 18.2 Å². The van der Waals surface area contributed by atoms with Gasteiger partial charge in [0.05, 0.1) is 25.4 Å². The standard InChI is InChI=1S/C71H115NO10/c1-4-7-10-13-16-19-22-25-27-29-30-31-32-33-34-35-37-38-40-43-46-49-52-55-58-64(75)70(79)72-62(63(74)57-54-51-48-45-42-24-21-18-15-12-9-6-3)61-80-71-69(68(78)67(77)65(60-73)81-71)82-66(76)59-56-53-50-47-44-41-39-36-28-26-23-20-17-14-11-8-5-2/h7-8,10-11,16-17,19-20,25-28,30-31,33-34,37-39,41,47,50,54,57,62-65,67-69,71,73-75,77-78H,4-6,9,12-15,18,21-24,29,32,35-36,40,42-46,48-49,51-53,55-56,58-61H2,1-3H3,(H,72,79)/b10-7-,11-8-,19-16-,20-17-,27-25-,28-26-,31-30-,34-33-,38-37-,41-39-,50-47-,57-54+. The fraction of sp³-hybridized carbons (Fsp3) is 0.634. The molecule has 0 saturated carbocycles. The summed E-state index contributed by atoms with van der Waals surface area (Å²) in [6.07, 6.45) is 71.7. The average Bonchev–Trinajstić information content (AvgIpc) is 3.68. The number of hydrogen-bond acceptors (Lipinski definition) is 10. The maximum Gasteiger partial charge on any atom is 0.306 e. The van der Waals surface area contributed by atoms with Gasteiger partial charge in [-0.05, 0) is 116 Å². The number of esters is 1. The van der Waals surface area contributed by atoms with Crippen LogP contribution in [0.25, 0.3) is 0 Å². The molecule has 0 aromatic rings. The molecule has 1 heterocycles. The molecule has 11 nitrogen and oxygen atoms in total. The van der Waals surface area contributed by atoms with Crippen LogP contribution >= 0.6 is 0 Å². The monoisotopic (exact) mass is 1140 g/mol. The third kappa shape index (κ3) is 44.1. The lowest BCUT2D eigenvalue weighted by molar-refractivity contribution is -0.305. The second kappa shape index (κ2) is 57.0. The summed E-state index contributed by atoms with van der Waals surface area (Å²) in [6.45, 7) is 5.50. The average molecular weight is 1140 g/mol. The highest BCUT2D eigenvalue weighted by atomic mass is 16.7. The first-order valence-corrected chi connectivity index (χ1v) is 32.1. The number of carbonyl (C=O) groups is 2. The number of aliphatic hydroxyl groups is 5. The largest absolute Gasteiger partial charge is 0.454 e. The van der Waals surface area contributed by atoms with Crippen molar-refractivity contribution < 1.29 is 49.3 Å². The minimum absolute atomic E-state index is 0.0349. The zero-order valence-corrected chi connectivity index (χ0v) is 51.3. The second-order valence-electron chi connectivity index (χ2n) is 21.4. The molecule has 82 heavy (non-hydrogen) atoms. The number of amides is 1. The number of allylic oxidation sites excluding steroid dienone is 23. The number of carbonyl (C=O) groups excluding carboxylic acids is 2. The van der Waals surface area contributed by atoms with Crippen molar-refractivity contribution in [3.63, 3.8) is 0 Å². The number of hydrogen-bond donors (Lipinski definition) is 6. The number of rotatable bonds is 52. The molecule has 0 aromatic heterocycles. The fourth-order valence-corrected chi connectivity index (χ4v) is 8.98. The zero-order valence-electron chi connectivity index (χ0n) is 51.3. The van der Waals surface area contributed by atoms with Crippen LogP contribution in [0.1, 0.15) is 226 Å². The molecule has 1 saturated heterocycles. The first kappa shape index (κ1) is 75.6. The Morgan fingerprint density at radius 1 is 0.488 bits per heavy atom. The Morgan fingerprint density at radius 3 is 1.32 bits per heavy atom. The van der Waals surface area contributed by atoms with Gasteiger partial charge in [0.1, 0.15) is 24.4 Å². The molecule has 8 unspecified atom stereocenters. The van der Waals surface area contributed by atoms with Crippen LogP contribution < -0.4 is 5.32 Å². The number of ether oxygens (including phenoxy) is 3. The molecule has 0 spiro atoms. The predicted molar refractivity (Wildman–Crippen MR) is 342 cm³/mol. The van der Waals surface area contributed by atoms with E-state index in [-0.39, 0.29) is 19.4 Å². The molecule has 0 bridgehead atoms. The summed E-state index contributed by atoms with van der Waals surface area (Å²) < 4.78 is 17.6. The minimum Gasteiger partial charge on any atom is -0.454 e. The number of aliphatic hydroxyl groups excluding tert-OH is 5. The van der Waals surface area contributed by atoms with Crippen LogP contribution in [0.15, 0.2) is 146 Å². The normalized spacial score (nSPS) is 19.6. The molecule has 8 atom stereocenters. The van der Waals surface area contributed by atoms with Crippen LogP contribution in [0.3, 0.4) is 0 Å². The van der Waals surface area contributed by atoms with Gasteiger partial charge in [0.15, 0.2) is 12.4 Å². The van der Waals surface area contributed by atoms with Gasteiger partial charge in [0.25, 0.3) is 0 Å². The molecule has 6 N–H and O–H groups in total. The van der Waals surface area contributed by atoms with Crippen LogP contribution in [0, 0.1) is 0 Å². The van der Waals surface area contributed by atoms with Gasteiger partial charge >= 0.3 is 5.97 Å². The van der Waals surface area contributed by atoms with Crippen molar-refractivity contribution in [3.8, 4) is 0 Å². The van der Waals surface area contributed by atoms with E-state index < -0.39 is 67.4 Å². The van der Waals surface area contributed by atoms with Crippen LogP contribution in [-0.2, 0) is 23.8 Å². The molecule has 464 valence electrons. The number of nitrogens with one attached hydrogen (secondary N) is 1. The fourth-order valence-electron chi connectivity index (χ4n) is 8.98. The Balaban J connectivity index is 2.70. The summed E-state index contributed by atoms with van der Waals surface area (Å²) in [6, 6.07) is -1.06. The molecule has 0 aliphatic carbocycles. The first-order chi connectivity index (χ1) is 40.2. The molecule has 1 rings (SSSR count). The van der Waals surface area contributed by atoms with Crippen LogP contribution in [0.2, 0.25) is 0 Å². The van der Waals surface area contributed by atoms with Gasteiger partial charge in [-0.1, -0.05) is 250 Å². The van der Waals surface area contributed by atoms with E-state index in [0.29, 0.717) is 19.3 Å². The first-order valence-electron chi connectivity index (χ1n) is 32.1. The van der Waals surface area contributed by atoms with E-state index in [4.69, 9.17) is 14.2 Å². The lowest BCUT2D eigenvalue weighted by Gasteiger charge is -2.41. The molecule has 11 heteroatoms. The van der Waals surface area contributed by atoms with Gasteiger partial charge in [0, 0.05) is 6.42 Å². The molecule has 1 fully saturated rings. The van der Waals surface area contributed by atoms with E-state index in [1.54, 1.807) is 6.08 Å². The van der Waals surface area contributed by atoms with Gasteiger partial charge in [-0.25, -0.2) is 0 Å². The lowest BCUT2D eigenvalue weighted by Crippen LogP contribution is -2.61. The Morgan fingerprint density at radius 2 is 0.878 bits per heavy atom. The lowest BCUT2D eigenvalue weighted by atomic mass is 9.99. The Labute approximate surface area is 498 Å². The predicted octanol–water partition coefficient (Wildman–Crippen LogP) is 15.8. The van der Waals surface area contributed by atoms with Crippen LogP contribution in [0.5, 0.6) is 0 Å². The summed E-state index contributed by atoms with van der Waals surface area (Å²) in [7, 11) is 0. The van der Waals surface area contributed by atoms with E-state index >= 15 is 0 Å². The van der Waals surface area contributed by atoms with Crippen LogP contribution in [-0.4, -0.2) is 99.6 Å². The smallest absolute Gasteiger partial charge is 0.306 e. The molecule has 0 aromatic carbocycles. The Kier molecular flexibility index (Phi) is 52.5. The van der Waals surface area contributed by atoms with Crippen molar-refractivity contribution in [1.82, 2.24) is 5.32 Å². The van der Waals surface area contributed by atoms with Gasteiger partial charge < -0.3 is 45.1 Å². The maximum atomic E-state index is 13.5. The van der Waals surface area contributed by atoms with Crippen molar-refractivity contribution in [2.75, 3.05) is 13.2 Å². The summed E-state index contributed by atoms with van der Waals surface area (Å²) in [5.41, 5.74) is 0. The summed E-state index contributed by atoms with van der Waals surface area (Å²) in [5.74, 6) is -1.28. The van der Waals surface area contributed by atoms with Gasteiger partial charge in [-0.3, -0.25) is 9.59 Å². The van der Waals surface area contributed by atoms with E-state index in [0.717, 1.165) is 128 Å². The molecular weight excluding hydrogens is 1030 g/mol. The Bertz CT molecular complexity index is 1890. The highest BCUT2D eigenvalue weighted by Gasteiger charge is 2.47. The Hall–Kier alpha value is -4.46. The molecule has 1 aliphatic heterocycles.